The molecule has 0 aromatic carbocycles. The highest BCUT2D eigenvalue weighted by Crippen LogP contribution is 2.15. The number of aromatic nitrogens is 2. The molecule has 20 heavy (non-hydrogen) atoms. The minimum Gasteiger partial charge on any atom is -0.467 e. The Labute approximate surface area is 112 Å². The number of imidazole rings is 1. The lowest BCUT2D eigenvalue weighted by atomic mass is 10.1. The fraction of sp³-hybridized carbons (Fsp3) is 0.545. The van der Waals surface area contributed by atoms with Gasteiger partial charge in [0, 0.05) is 24.9 Å². The zero-order valence-corrected chi connectivity index (χ0v) is 10.9. The summed E-state index contributed by atoms with van der Waals surface area (Å²) in [6, 6.07) is -1.42. The third-order valence-corrected chi connectivity index (χ3v) is 2.60. The van der Waals surface area contributed by atoms with Crippen LogP contribution in [0.25, 0.3) is 0 Å². The monoisotopic (exact) mass is 293 g/mol. The molecule has 112 valence electrons. The fourth-order valence-electron chi connectivity index (χ4n) is 1.59. The molecule has 0 spiro atoms. The quantitative estimate of drug-likeness (QED) is 0.810. The predicted octanol–water partition coefficient (Wildman–Crippen LogP) is 0.666. The first-order valence-electron chi connectivity index (χ1n) is 5.74. The number of hydrogen-bond acceptors (Lipinski definition) is 4. The Hall–Kier alpha value is -2.06. The molecule has 1 aromatic rings. The van der Waals surface area contributed by atoms with Crippen LogP contribution >= 0.6 is 0 Å². The van der Waals surface area contributed by atoms with E-state index < -0.39 is 24.1 Å². The molecule has 0 aliphatic heterocycles. The van der Waals surface area contributed by atoms with Crippen LogP contribution in [-0.4, -0.2) is 40.8 Å². The van der Waals surface area contributed by atoms with Crippen LogP contribution in [0.3, 0.4) is 0 Å². The van der Waals surface area contributed by atoms with E-state index in [4.69, 9.17) is 0 Å². The molecule has 0 unspecified atom stereocenters. The number of carbonyl (C=O) groups is 2. The highest BCUT2D eigenvalue weighted by molar-refractivity contribution is 5.87. The number of carbonyl (C=O) groups excluding carboxylic acids is 2. The van der Waals surface area contributed by atoms with Crippen LogP contribution < -0.4 is 5.32 Å². The molecular weight excluding hydrogens is 279 g/mol. The average molecular weight is 293 g/mol. The van der Waals surface area contributed by atoms with Crippen molar-refractivity contribution in [2.24, 2.45) is 0 Å². The van der Waals surface area contributed by atoms with Crippen molar-refractivity contribution >= 4 is 11.9 Å². The molecule has 1 N–H and O–H groups in total. The summed E-state index contributed by atoms with van der Waals surface area (Å²) in [6.07, 6.45) is -2.30. The van der Waals surface area contributed by atoms with Crippen molar-refractivity contribution in [1.29, 1.82) is 0 Å². The summed E-state index contributed by atoms with van der Waals surface area (Å²) < 4.78 is 42.7. The minimum atomic E-state index is -5.06. The first-order chi connectivity index (χ1) is 9.29. The van der Waals surface area contributed by atoms with E-state index in [0.717, 1.165) is 7.11 Å². The van der Waals surface area contributed by atoms with E-state index in [9.17, 15) is 22.8 Å². The van der Waals surface area contributed by atoms with Crippen molar-refractivity contribution in [3.05, 3.63) is 18.2 Å². The van der Waals surface area contributed by atoms with Crippen molar-refractivity contribution < 1.29 is 27.5 Å². The molecule has 0 saturated carbocycles. The van der Waals surface area contributed by atoms with Crippen molar-refractivity contribution in [3.63, 3.8) is 0 Å². The zero-order valence-electron chi connectivity index (χ0n) is 10.9. The van der Waals surface area contributed by atoms with Gasteiger partial charge in [-0.3, -0.25) is 4.79 Å². The normalized spacial score (nSPS) is 12.8. The molecule has 1 atom stereocenters. The van der Waals surface area contributed by atoms with E-state index >= 15 is 0 Å². The third kappa shape index (κ3) is 3.97. The molecule has 0 fully saturated rings. The minimum absolute atomic E-state index is 0.137. The fourth-order valence-corrected chi connectivity index (χ4v) is 1.59. The Bertz CT molecular complexity index is 485. The van der Waals surface area contributed by atoms with Gasteiger partial charge in [0.25, 0.3) is 0 Å². The SMILES string of the molecule is CCn1cncc1C[C@H](NC(=O)C(F)(F)F)C(=O)OC. The van der Waals surface area contributed by atoms with Gasteiger partial charge in [-0.2, -0.15) is 13.2 Å². The Kier molecular flexibility index (Phi) is 5.12. The van der Waals surface area contributed by atoms with Crippen LogP contribution in [0.15, 0.2) is 12.5 Å². The van der Waals surface area contributed by atoms with Gasteiger partial charge in [-0.25, -0.2) is 9.78 Å². The largest absolute Gasteiger partial charge is 0.471 e. The summed E-state index contributed by atoms with van der Waals surface area (Å²) in [7, 11) is 1.03. The summed E-state index contributed by atoms with van der Waals surface area (Å²) in [6.45, 7) is 2.35. The number of rotatable bonds is 5. The van der Waals surface area contributed by atoms with Gasteiger partial charge in [0.15, 0.2) is 0 Å². The van der Waals surface area contributed by atoms with Gasteiger partial charge in [0.1, 0.15) is 6.04 Å². The molecule has 0 aliphatic rings. The summed E-state index contributed by atoms with van der Waals surface area (Å²) in [5, 5.41) is 1.62. The van der Waals surface area contributed by atoms with E-state index in [1.807, 2.05) is 6.92 Å². The summed E-state index contributed by atoms with van der Waals surface area (Å²) in [4.78, 5) is 26.2. The van der Waals surface area contributed by atoms with Gasteiger partial charge in [-0.05, 0) is 6.92 Å². The number of hydrogen-bond donors (Lipinski definition) is 1. The van der Waals surface area contributed by atoms with E-state index in [1.165, 1.54) is 12.5 Å². The number of methoxy groups -OCH3 is 1. The molecule has 9 heteroatoms. The third-order valence-electron chi connectivity index (χ3n) is 2.60. The molecule has 6 nitrogen and oxygen atoms in total. The molecule has 1 rings (SSSR count). The lowest BCUT2D eigenvalue weighted by Gasteiger charge is -2.17. The van der Waals surface area contributed by atoms with Crippen molar-refractivity contribution in [2.45, 2.75) is 32.1 Å². The standard InChI is InChI=1S/C11H14F3N3O3/c1-3-17-6-15-5-7(17)4-8(9(18)20-2)16-10(19)11(12,13)14/h5-6,8H,3-4H2,1-2H3,(H,16,19)/t8-/m0/s1. The van der Waals surface area contributed by atoms with Gasteiger partial charge in [0.2, 0.25) is 0 Å². The van der Waals surface area contributed by atoms with Crippen LogP contribution in [0.2, 0.25) is 0 Å². The van der Waals surface area contributed by atoms with Crippen LogP contribution in [-0.2, 0) is 27.3 Å². The number of nitrogens with zero attached hydrogens (tertiary/aromatic N) is 2. The Morgan fingerprint density at radius 2 is 2.15 bits per heavy atom. The number of nitrogens with one attached hydrogen (secondary N) is 1. The van der Waals surface area contributed by atoms with E-state index in [1.54, 1.807) is 9.88 Å². The summed E-state index contributed by atoms with van der Waals surface area (Å²) in [5.41, 5.74) is 0.519. The van der Waals surface area contributed by atoms with Crippen LogP contribution in [0.4, 0.5) is 13.2 Å². The van der Waals surface area contributed by atoms with Gasteiger partial charge in [-0.15, -0.1) is 0 Å². The number of ether oxygens (including phenoxy) is 1. The maximum atomic E-state index is 12.2. The first-order valence-corrected chi connectivity index (χ1v) is 5.74. The van der Waals surface area contributed by atoms with Crippen molar-refractivity contribution in [1.82, 2.24) is 14.9 Å². The maximum absolute atomic E-state index is 12.2. The molecule has 0 aliphatic carbocycles. The number of alkyl halides is 3. The Balaban J connectivity index is 2.86. The molecule has 0 saturated heterocycles. The second-order valence-electron chi connectivity index (χ2n) is 3.92. The molecule has 1 heterocycles. The van der Waals surface area contributed by atoms with Crippen LogP contribution in [0.1, 0.15) is 12.6 Å². The van der Waals surface area contributed by atoms with Crippen molar-refractivity contribution in [2.75, 3.05) is 7.11 Å². The maximum Gasteiger partial charge on any atom is 0.471 e. The van der Waals surface area contributed by atoms with E-state index in [-0.39, 0.29) is 6.42 Å². The van der Waals surface area contributed by atoms with Crippen LogP contribution in [0.5, 0.6) is 0 Å². The van der Waals surface area contributed by atoms with Crippen molar-refractivity contribution in [3.8, 4) is 0 Å². The highest BCUT2D eigenvalue weighted by Gasteiger charge is 2.41. The average Bonchev–Trinajstić information content (AvgIpc) is 2.83. The molecule has 0 radical (unpaired) electrons. The second-order valence-corrected chi connectivity index (χ2v) is 3.92. The van der Waals surface area contributed by atoms with Gasteiger partial charge >= 0.3 is 18.1 Å². The first kappa shape index (κ1) is 16.0. The Morgan fingerprint density at radius 1 is 1.50 bits per heavy atom. The van der Waals surface area contributed by atoms with Gasteiger partial charge in [-0.1, -0.05) is 0 Å². The number of halogens is 3. The Morgan fingerprint density at radius 3 is 2.65 bits per heavy atom. The zero-order chi connectivity index (χ0) is 15.3. The second kappa shape index (κ2) is 6.40. The number of esters is 1. The van der Waals surface area contributed by atoms with Crippen LogP contribution in [0, 0.1) is 0 Å². The highest BCUT2D eigenvalue weighted by atomic mass is 19.4. The van der Waals surface area contributed by atoms with E-state index in [0.29, 0.717) is 12.2 Å². The number of amides is 1. The van der Waals surface area contributed by atoms with Gasteiger partial charge < -0.3 is 14.6 Å². The predicted molar refractivity (Wildman–Crippen MR) is 61.6 cm³/mol. The smallest absolute Gasteiger partial charge is 0.467 e. The van der Waals surface area contributed by atoms with Gasteiger partial charge in [0.05, 0.1) is 13.4 Å². The number of aryl methyl sites for hydroxylation is 1. The summed E-state index contributed by atoms with van der Waals surface area (Å²) >= 11 is 0. The molecular formula is C11H14F3N3O3. The molecule has 1 aromatic heterocycles. The lowest BCUT2D eigenvalue weighted by Crippen LogP contribution is -2.48. The topological polar surface area (TPSA) is 73.2 Å². The molecule has 1 amide bonds. The molecule has 0 bridgehead atoms. The lowest BCUT2D eigenvalue weighted by molar-refractivity contribution is -0.175. The van der Waals surface area contributed by atoms with E-state index in [2.05, 4.69) is 9.72 Å². The summed E-state index contributed by atoms with van der Waals surface area (Å²) in [5.74, 6) is -3.14.